The van der Waals surface area contributed by atoms with E-state index in [1.165, 1.54) is 13.1 Å². The van der Waals surface area contributed by atoms with Crippen molar-refractivity contribution in [2.75, 3.05) is 0 Å². The van der Waals surface area contributed by atoms with E-state index in [2.05, 4.69) is 10.1 Å². The normalized spacial score (nSPS) is 11.6. The summed E-state index contributed by atoms with van der Waals surface area (Å²) in [6.07, 6.45) is -3.45. The Labute approximate surface area is 115 Å². The van der Waals surface area contributed by atoms with Gasteiger partial charge in [0.1, 0.15) is 15.8 Å². The molecule has 20 heavy (non-hydrogen) atoms. The molecule has 0 spiro atoms. The summed E-state index contributed by atoms with van der Waals surface area (Å²) in [6, 6.07) is 1.99. The number of carboxylic acid groups (broad SMARTS) is 1. The van der Waals surface area contributed by atoms with Crippen LogP contribution in [0.4, 0.5) is 13.2 Å². The van der Waals surface area contributed by atoms with Gasteiger partial charge in [-0.15, -0.1) is 0 Å². The number of rotatable bonds is 2. The van der Waals surface area contributed by atoms with Crippen molar-refractivity contribution in [2.45, 2.75) is 13.1 Å². The van der Waals surface area contributed by atoms with Crippen molar-refractivity contribution in [3.8, 4) is 5.82 Å². The summed E-state index contributed by atoms with van der Waals surface area (Å²) < 4.78 is 39.3. The molecule has 0 fully saturated rings. The first-order valence-electron chi connectivity index (χ1n) is 5.31. The number of H-pyrrole nitrogens is 1. The number of alkyl halides is 3. The van der Waals surface area contributed by atoms with Gasteiger partial charge in [0.25, 0.3) is 0 Å². The fourth-order valence-electron chi connectivity index (χ4n) is 1.74. The number of aryl methyl sites for hydroxylation is 1. The SMILES string of the molecule is Cc1[nH]n(-c2ncccc2C(F)(F)F)c(=S)c1C(=O)O. The third-order valence-corrected chi connectivity index (χ3v) is 2.98. The monoisotopic (exact) mass is 303 g/mol. The summed E-state index contributed by atoms with van der Waals surface area (Å²) in [5.74, 6) is -1.80. The zero-order chi connectivity index (χ0) is 15.1. The van der Waals surface area contributed by atoms with Gasteiger partial charge in [0.15, 0.2) is 5.82 Å². The van der Waals surface area contributed by atoms with E-state index in [1.807, 2.05) is 0 Å². The number of nitrogens with zero attached hydrogens (tertiary/aromatic N) is 2. The Morgan fingerprint density at radius 1 is 1.50 bits per heavy atom. The van der Waals surface area contributed by atoms with Gasteiger partial charge in [0.2, 0.25) is 0 Å². The Morgan fingerprint density at radius 2 is 2.15 bits per heavy atom. The molecule has 0 unspecified atom stereocenters. The standard InChI is InChI=1S/C11H8F3N3O2S/c1-5-7(10(18)19)9(20)17(16-5)8-6(11(12,13)14)3-2-4-15-8/h2-4,16H,1H3,(H,18,19). The molecule has 0 atom stereocenters. The Bertz CT molecular complexity index is 733. The van der Waals surface area contributed by atoms with Crippen molar-refractivity contribution in [3.63, 3.8) is 0 Å². The minimum absolute atomic E-state index is 0.154. The Kier molecular flexibility index (Phi) is 3.38. The highest BCUT2D eigenvalue weighted by Gasteiger charge is 2.35. The molecule has 106 valence electrons. The van der Waals surface area contributed by atoms with Crippen LogP contribution in [0.2, 0.25) is 0 Å². The number of hydrogen-bond acceptors (Lipinski definition) is 3. The molecule has 0 aliphatic rings. The lowest BCUT2D eigenvalue weighted by molar-refractivity contribution is -0.137. The topological polar surface area (TPSA) is 70.9 Å². The van der Waals surface area contributed by atoms with Crippen molar-refractivity contribution in [1.29, 1.82) is 0 Å². The number of nitrogens with one attached hydrogen (secondary N) is 1. The molecule has 0 saturated heterocycles. The van der Waals surface area contributed by atoms with Crippen LogP contribution in [0.3, 0.4) is 0 Å². The maximum absolute atomic E-state index is 12.9. The molecule has 0 aromatic carbocycles. The smallest absolute Gasteiger partial charge is 0.420 e. The summed E-state index contributed by atoms with van der Waals surface area (Å²) in [5, 5.41) is 11.5. The highest BCUT2D eigenvalue weighted by molar-refractivity contribution is 7.71. The van der Waals surface area contributed by atoms with Crippen LogP contribution in [0.1, 0.15) is 21.6 Å². The van der Waals surface area contributed by atoms with Crippen molar-refractivity contribution < 1.29 is 23.1 Å². The molecule has 9 heteroatoms. The predicted octanol–water partition coefficient (Wildman–Crippen LogP) is 2.96. The second kappa shape index (κ2) is 4.75. The zero-order valence-corrected chi connectivity index (χ0v) is 10.8. The van der Waals surface area contributed by atoms with Crippen LogP contribution in [-0.2, 0) is 6.18 Å². The number of aromatic amines is 1. The van der Waals surface area contributed by atoms with E-state index in [0.717, 1.165) is 16.8 Å². The van der Waals surface area contributed by atoms with Gasteiger partial charge in [-0.2, -0.15) is 13.2 Å². The number of carbonyl (C=O) groups is 1. The summed E-state index contributed by atoms with van der Waals surface area (Å²) in [5.41, 5.74) is -1.10. The maximum Gasteiger partial charge on any atom is 0.420 e. The molecule has 2 aromatic rings. The van der Waals surface area contributed by atoms with E-state index < -0.39 is 23.5 Å². The number of aromatic carboxylic acids is 1. The summed E-state index contributed by atoms with van der Waals surface area (Å²) in [6.45, 7) is 1.41. The first kappa shape index (κ1) is 14.3. The fourth-order valence-corrected chi connectivity index (χ4v) is 2.12. The molecule has 0 amide bonds. The van der Waals surface area contributed by atoms with Crippen LogP contribution >= 0.6 is 12.2 Å². The number of aromatic nitrogens is 3. The first-order chi connectivity index (χ1) is 9.23. The molecule has 0 aliphatic heterocycles. The summed E-state index contributed by atoms with van der Waals surface area (Å²) in [7, 11) is 0. The average molecular weight is 303 g/mol. The first-order valence-corrected chi connectivity index (χ1v) is 5.72. The van der Waals surface area contributed by atoms with Crippen molar-refractivity contribution in [3.05, 3.63) is 39.8 Å². The highest BCUT2D eigenvalue weighted by Crippen LogP contribution is 2.32. The minimum Gasteiger partial charge on any atom is -0.478 e. The number of pyridine rings is 1. The molecule has 2 aromatic heterocycles. The second-order valence-corrected chi connectivity index (χ2v) is 4.32. The van der Waals surface area contributed by atoms with Gasteiger partial charge < -0.3 is 5.11 Å². The van der Waals surface area contributed by atoms with E-state index in [0.29, 0.717) is 0 Å². The molecule has 2 N–H and O–H groups in total. The highest BCUT2D eigenvalue weighted by atomic mass is 32.1. The summed E-state index contributed by atoms with van der Waals surface area (Å²) >= 11 is 4.90. The van der Waals surface area contributed by atoms with Gasteiger partial charge in [0, 0.05) is 11.9 Å². The lowest BCUT2D eigenvalue weighted by atomic mass is 10.2. The van der Waals surface area contributed by atoms with Crippen LogP contribution in [0, 0.1) is 11.6 Å². The Balaban J connectivity index is 2.75. The van der Waals surface area contributed by atoms with E-state index in [9.17, 15) is 18.0 Å². The fraction of sp³-hybridized carbons (Fsp3) is 0.182. The zero-order valence-electron chi connectivity index (χ0n) is 10.0. The van der Waals surface area contributed by atoms with Crippen LogP contribution in [0.25, 0.3) is 5.82 Å². The van der Waals surface area contributed by atoms with Crippen molar-refractivity contribution in [2.24, 2.45) is 0 Å². The molecular weight excluding hydrogens is 295 g/mol. The van der Waals surface area contributed by atoms with E-state index in [-0.39, 0.29) is 15.9 Å². The van der Waals surface area contributed by atoms with Crippen molar-refractivity contribution in [1.82, 2.24) is 14.8 Å². The van der Waals surface area contributed by atoms with Gasteiger partial charge in [0.05, 0.1) is 0 Å². The third kappa shape index (κ3) is 2.31. The van der Waals surface area contributed by atoms with E-state index in [4.69, 9.17) is 17.3 Å². The van der Waals surface area contributed by atoms with Gasteiger partial charge in [-0.3, -0.25) is 5.10 Å². The molecular formula is C11H8F3N3O2S. The molecule has 2 rings (SSSR count). The van der Waals surface area contributed by atoms with Gasteiger partial charge in [-0.25, -0.2) is 14.5 Å². The van der Waals surface area contributed by atoms with E-state index in [1.54, 1.807) is 0 Å². The quantitative estimate of drug-likeness (QED) is 0.837. The maximum atomic E-state index is 12.9. The Hall–Kier alpha value is -2.16. The minimum atomic E-state index is -4.62. The molecule has 5 nitrogen and oxygen atoms in total. The van der Waals surface area contributed by atoms with Crippen molar-refractivity contribution >= 4 is 18.2 Å². The largest absolute Gasteiger partial charge is 0.478 e. The molecule has 0 bridgehead atoms. The Morgan fingerprint density at radius 3 is 2.65 bits per heavy atom. The molecule has 0 radical (unpaired) electrons. The van der Waals surface area contributed by atoms with Crippen LogP contribution in [-0.4, -0.2) is 25.8 Å². The van der Waals surface area contributed by atoms with E-state index >= 15 is 0 Å². The van der Waals surface area contributed by atoms with Crippen LogP contribution in [0.5, 0.6) is 0 Å². The van der Waals surface area contributed by atoms with Crippen LogP contribution in [0.15, 0.2) is 18.3 Å². The number of hydrogen-bond donors (Lipinski definition) is 2. The summed E-state index contributed by atoms with van der Waals surface area (Å²) in [4.78, 5) is 14.7. The predicted molar refractivity (Wildman–Crippen MR) is 65.4 cm³/mol. The van der Waals surface area contributed by atoms with Gasteiger partial charge in [-0.05, 0) is 19.1 Å². The number of carboxylic acids is 1. The average Bonchev–Trinajstić information content (AvgIpc) is 2.63. The van der Waals surface area contributed by atoms with Crippen LogP contribution < -0.4 is 0 Å². The molecule has 0 aliphatic carbocycles. The second-order valence-electron chi connectivity index (χ2n) is 3.93. The van der Waals surface area contributed by atoms with Gasteiger partial charge in [-0.1, -0.05) is 12.2 Å². The van der Waals surface area contributed by atoms with Gasteiger partial charge >= 0.3 is 12.1 Å². The molecule has 2 heterocycles. The third-order valence-electron chi connectivity index (χ3n) is 2.59. The lowest BCUT2D eigenvalue weighted by Gasteiger charge is -2.11. The molecule has 0 saturated carbocycles. The number of halogens is 3. The lowest BCUT2D eigenvalue weighted by Crippen LogP contribution is -2.13.